The summed E-state index contributed by atoms with van der Waals surface area (Å²) in [5.41, 5.74) is -1.02. The Morgan fingerprint density at radius 1 is 0.975 bits per heavy atom. The Labute approximate surface area is 240 Å². The minimum Gasteiger partial charge on any atom is -0.390 e. The smallest absolute Gasteiger partial charge is 0.246 e. The van der Waals surface area contributed by atoms with Crippen LogP contribution >= 0.6 is 0 Å². The number of rotatable bonds is 12. The molecule has 1 aromatic carbocycles. The Morgan fingerprint density at radius 2 is 1.65 bits per heavy atom. The van der Waals surface area contributed by atoms with E-state index in [1.54, 1.807) is 0 Å². The molecule has 1 aromatic rings. The van der Waals surface area contributed by atoms with Gasteiger partial charge in [-0.25, -0.2) is 8.42 Å². The van der Waals surface area contributed by atoms with Gasteiger partial charge in [0.1, 0.15) is 11.6 Å². The Hall–Kier alpha value is -2.17. The van der Waals surface area contributed by atoms with E-state index in [9.17, 15) is 23.1 Å². The third-order valence-corrected chi connectivity index (χ3v) is 10.3. The van der Waals surface area contributed by atoms with Gasteiger partial charge in [0.25, 0.3) is 0 Å². The minimum absolute atomic E-state index is 0.0396. The van der Waals surface area contributed by atoms with Crippen LogP contribution in [0.3, 0.4) is 0 Å². The summed E-state index contributed by atoms with van der Waals surface area (Å²) in [6.45, 7) is 5.34. The average molecular weight is 577 g/mol. The predicted octanol–water partition coefficient (Wildman–Crippen LogP) is 3.28. The van der Waals surface area contributed by atoms with E-state index >= 15 is 0 Å². The first-order chi connectivity index (χ1) is 19.1. The van der Waals surface area contributed by atoms with Crippen molar-refractivity contribution in [2.45, 2.75) is 101 Å². The van der Waals surface area contributed by atoms with Gasteiger partial charge in [0, 0.05) is 32.6 Å². The molecule has 40 heavy (non-hydrogen) atoms. The number of hydrogen-bond donors (Lipinski definition) is 2. The number of unbranched alkanes of at least 4 members (excludes halogenated alkanes) is 2. The number of benzene rings is 1. The van der Waals surface area contributed by atoms with Gasteiger partial charge in [-0.1, -0.05) is 50.8 Å². The molecule has 2 saturated heterocycles. The summed E-state index contributed by atoms with van der Waals surface area (Å²) in [5, 5.41) is 14.2. The summed E-state index contributed by atoms with van der Waals surface area (Å²) in [5.74, 6) is -0.110. The molecule has 0 bridgehead atoms. The van der Waals surface area contributed by atoms with Gasteiger partial charge >= 0.3 is 0 Å². The van der Waals surface area contributed by atoms with E-state index in [0.29, 0.717) is 64.0 Å². The van der Waals surface area contributed by atoms with Gasteiger partial charge in [-0.05, 0) is 63.6 Å². The highest BCUT2D eigenvalue weighted by atomic mass is 32.2. The van der Waals surface area contributed by atoms with Crippen molar-refractivity contribution in [3.05, 3.63) is 30.3 Å². The highest BCUT2D eigenvalue weighted by Gasteiger charge is 2.54. The zero-order valence-corrected chi connectivity index (χ0v) is 25.1. The molecule has 2 N–H and O–H groups in total. The van der Waals surface area contributed by atoms with Crippen LogP contribution in [0.5, 0.6) is 0 Å². The number of anilines is 1. The van der Waals surface area contributed by atoms with Crippen LogP contribution in [0.15, 0.2) is 30.3 Å². The van der Waals surface area contributed by atoms with Gasteiger partial charge in [-0.2, -0.15) is 0 Å². The topological polar surface area (TPSA) is 110 Å². The molecule has 2 aliphatic heterocycles. The lowest BCUT2D eigenvalue weighted by Gasteiger charge is -2.52. The van der Waals surface area contributed by atoms with Gasteiger partial charge in [-0.3, -0.25) is 13.9 Å². The quantitative estimate of drug-likeness (QED) is 0.370. The summed E-state index contributed by atoms with van der Waals surface area (Å²) in [4.78, 5) is 31.6. The molecule has 1 saturated carbocycles. The molecular formula is C30H48N4O5S. The second-order valence-electron chi connectivity index (χ2n) is 12.1. The molecule has 3 fully saturated rings. The number of aliphatic hydroxyl groups is 1. The molecule has 2 heterocycles. The Balaban J connectivity index is 1.33. The maximum atomic E-state index is 13.8. The molecule has 9 nitrogen and oxygen atoms in total. The second-order valence-corrected chi connectivity index (χ2v) is 14.0. The molecule has 0 radical (unpaired) electrons. The SMILES string of the molecule is CCCCN1C(=O)[C@@H](CC2(O)CCCCC2)NC(=O)C12CCN(CCCCN(c1ccccc1)S(C)(=O)=O)CC2. The van der Waals surface area contributed by atoms with E-state index in [0.717, 1.165) is 51.5 Å². The first kappa shape index (κ1) is 30.8. The molecule has 0 unspecified atom stereocenters. The minimum atomic E-state index is -3.36. The van der Waals surface area contributed by atoms with Crippen molar-refractivity contribution in [3.8, 4) is 0 Å². The van der Waals surface area contributed by atoms with Gasteiger partial charge in [0.2, 0.25) is 21.8 Å². The summed E-state index contributed by atoms with van der Waals surface area (Å²) in [6.07, 6.45) is 10.5. The number of piperidine rings is 1. The predicted molar refractivity (Wildman–Crippen MR) is 157 cm³/mol. The zero-order valence-electron chi connectivity index (χ0n) is 24.3. The standard InChI is InChI=1S/C30H48N4O5S/c1-3-4-20-33-27(35)26(24-29(37)15-9-6-10-16-29)31-28(36)30(33)17-22-32(23-18-30)19-11-12-21-34(40(2,38)39)25-13-7-5-8-14-25/h5,7-8,13-14,26,37H,3-4,6,9-12,15-24H2,1-2H3,(H,31,36)/t26-/m1/s1. The Kier molecular flexibility index (Phi) is 10.2. The normalized spacial score (nSPS) is 23.3. The van der Waals surface area contributed by atoms with Crippen molar-refractivity contribution in [2.24, 2.45) is 0 Å². The van der Waals surface area contributed by atoms with Crippen LogP contribution in [0.1, 0.15) is 84.0 Å². The first-order valence-corrected chi connectivity index (χ1v) is 17.0. The lowest BCUT2D eigenvalue weighted by Crippen LogP contribution is -2.73. The molecule has 4 rings (SSSR count). The molecule has 0 aromatic heterocycles. The molecule has 3 aliphatic rings. The van der Waals surface area contributed by atoms with E-state index in [-0.39, 0.29) is 11.8 Å². The van der Waals surface area contributed by atoms with E-state index in [2.05, 4.69) is 17.1 Å². The van der Waals surface area contributed by atoms with Crippen molar-refractivity contribution < 1.29 is 23.1 Å². The third kappa shape index (κ3) is 7.18. The number of hydrogen-bond acceptors (Lipinski definition) is 6. The highest BCUT2D eigenvalue weighted by Crippen LogP contribution is 2.37. The maximum absolute atomic E-state index is 13.8. The number of likely N-dealkylation sites (tertiary alicyclic amines) is 1. The molecule has 1 spiro atoms. The largest absolute Gasteiger partial charge is 0.390 e. The molecule has 1 atom stereocenters. The molecule has 224 valence electrons. The maximum Gasteiger partial charge on any atom is 0.246 e. The number of carbonyl (C=O) groups excluding carboxylic acids is 2. The van der Waals surface area contributed by atoms with Crippen LogP contribution in [0.25, 0.3) is 0 Å². The van der Waals surface area contributed by atoms with Crippen LogP contribution in [0.2, 0.25) is 0 Å². The van der Waals surface area contributed by atoms with E-state index in [1.807, 2.05) is 35.2 Å². The number of para-hydroxylation sites is 1. The number of amides is 2. The average Bonchev–Trinajstić information content (AvgIpc) is 2.92. The van der Waals surface area contributed by atoms with Crippen LogP contribution in [0.4, 0.5) is 5.69 Å². The molecular weight excluding hydrogens is 528 g/mol. The fraction of sp³-hybridized carbons (Fsp3) is 0.733. The van der Waals surface area contributed by atoms with E-state index < -0.39 is 27.2 Å². The van der Waals surface area contributed by atoms with Crippen molar-refractivity contribution in [3.63, 3.8) is 0 Å². The highest BCUT2D eigenvalue weighted by molar-refractivity contribution is 7.92. The summed E-state index contributed by atoms with van der Waals surface area (Å²) in [7, 11) is -3.36. The van der Waals surface area contributed by atoms with Gasteiger partial charge < -0.3 is 20.2 Å². The molecule has 10 heteroatoms. The number of carbonyl (C=O) groups is 2. The van der Waals surface area contributed by atoms with Crippen molar-refractivity contribution in [1.29, 1.82) is 0 Å². The fourth-order valence-electron chi connectivity index (χ4n) is 6.76. The zero-order chi connectivity index (χ0) is 28.8. The van der Waals surface area contributed by atoms with Gasteiger partial charge in [0.05, 0.1) is 17.5 Å². The summed E-state index contributed by atoms with van der Waals surface area (Å²) in [6, 6.07) is 8.52. The van der Waals surface area contributed by atoms with Crippen LogP contribution in [-0.4, -0.2) is 91.3 Å². The Morgan fingerprint density at radius 3 is 2.27 bits per heavy atom. The van der Waals surface area contributed by atoms with Crippen molar-refractivity contribution in [2.75, 3.05) is 43.3 Å². The van der Waals surface area contributed by atoms with Crippen LogP contribution in [-0.2, 0) is 19.6 Å². The van der Waals surface area contributed by atoms with E-state index in [4.69, 9.17) is 0 Å². The lowest BCUT2D eigenvalue weighted by atomic mass is 9.77. The number of sulfonamides is 1. The van der Waals surface area contributed by atoms with Gasteiger partial charge in [0.15, 0.2) is 0 Å². The summed E-state index contributed by atoms with van der Waals surface area (Å²) >= 11 is 0. The second kappa shape index (κ2) is 13.2. The molecule has 2 amide bonds. The van der Waals surface area contributed by atoms with Crippen LogP contribution in [0, 0.1) is 0 Å². The summed E-state index contributed by atoms with van der Waals surface area (Å²) < 4.78 is 26.2. The van der Waals surface area contributed by atoms with Crippen molar-refractivity contribution >= 4 is 27.5 Å². The fourth-order valence-corrected chi connectivity index (χ4v) is 7.73. The number of piperazine rings is 1. The van der Waals surface area contributed by atoms with Crippen molar-refractivity contribution in [1.82, 2.24) is 15.1 Å². The Bertz CT molecular complexity index is 1100. The van der Waals surface area contributed by atoms with Gasteiger partial charge in [-0.15, -0.1) is 0 Å². The number of nitrogens with one attached hydrogen (secondary N) is 1. The van der Waals surface area contributed by atoms with Crippen LogP contribution < -0.4 is 9.62 Å². The number of nitrogens with zero attached hydrogens (tertiary/aromatic N) is 3. The monoisotopic (exact) mass is 576 g/mol. The first-order valence-electron chi connectivity index (χ1n) is 15.2. The lowest BCUT2D eigenvalue weighted by molar-refractivity contribution is -0.163. The molecule has 1 aliphatic carbocycles. The van der Waals surface area contributed by atoms with E-state index in [1.165, 1.54) is 10.6 Å². The third-order valence-electron chi connectivity index (χ3n) is 9.13.